The van der Waals surface area contributed by atoms with E-state index >= 15 is 0 Å². The largest absolute Gasteiger partial charge is 0.461 e. The summed E-state index contributed by atoms with van der Waals surface area (Å²) in [6.45, 7) is 1.92. The van der Waals surface area contributed by atoms with E-state index in [9.17, 15) is 9.18 Å². The first kappa shape index (κ1) is 11.6. The van der Waals surface area contributed by atoms with E-state index in [2.05, 4.69) is 4.74 Å². The van der Waals surface area contributed by atoms with Gasteiger partial charge in [0, 0.05) is 0 Å². The molecule has 0 saturated heterocycles. The summed E-state index contributed by atoms with van der Waals surface area (Å²) < 4.78 is 17.9. The van der Waals surface area contributed by atoms with E-state index in [-0.39, 0.29) is 12.5 Å². The Bertz CT molecular complexity index is 292. The highest BCUT2D eigenvalue weighted by Gasteiger charge is 2.42. The molecule has 0 spiro atoms. The van der Waals surface area contributed by atoms with Gasteiger partial charge in [0.1, 0.15) is 0 Å². The van der Waals surface area contributed by atoms with Crippen LogP contribution >= 0.6 is 0 Å². The van der Waals surface area contributed by atoms with Gasteiger partial charge in [-0.3, -0.25) is 0 Å². The highest BCUT2D eigenvalue weighted by Crippen LogP contribution is 2.51. The minimum absolute atomic E-state index is 0.233. The van der Waals surface area contributed by atoms with Crippen molar-refractivity contribution in [3.05, 3.63) is 11.9 Å². The maximum atomic E-state index is 13.3. The van der Waals surface area contributed by atoms with Crippen LogP contribution in [0.4, 0.5) is 4.39 Å². The zero-order valence-electron chi connectivity index (χ0n) is 9.75. The zero-order valence-corrected chi connectivity index (χ0v) is 9.75. The van der Waals surface area contributed by atoms with Gasteiger partial charge in [-0.25, -0.2) is 4.79 Å². The molecule has 2 aliphatic rings. The molecule has 2 rings (SSSR count). The van der Waals surface area contributed by atoms with Gasteiger partial charge in [-0.2, -0.15) is 4.39 Å². The third-order valence-electron chi connectivity index (χ3n) is 3.73. The van der Waals surface area contributed by atoms with Gasteiger partial charge in [-0.05, 0) is 37.2 Å². The van der Waals surface area contributed by atoms with E-state index in [1.54, 1.807) is 6.92 Å². The van der Waals surface area contributed by atoms with E-state index in [0.717, 1.165) is 12.3 Å². The topological polar surface area (TPSA) is 26.3 Å². The number of ether oxygens (including phenoxy) is 1. The summed E-state index contributed by atoms with van der Waals surface area (Å²) in [5, 5.41) is 0. The van der Waals surface area contributed by atoms with Crippen LogP contribution in [0.5, 0.6) is 0 Å². The number of hydrogen-bond donors (Lipinski definition) is 0. The SMILES string of the molecule is CCOC(=O)/C(F)=C/C1CC1C1CCCC1. The summed E-state index contributed by atoms with van der Waals surface area (Å²) in [7, 11) is 0. The predicted octanol–water partition coefficient (Wildman–Crippen LogP) is 3.23. The average Bonchev–Trinajstić information content (AvgIpc) is 2.80. The molecule has 2 aliphatic carbocycles. The molecule has 2 fully saturated rings. The maximum Gasteiger partial charge on any atom is 0.366 e. The van der Waals surface area contributed by atoms with Crippen molar-refractivity contribution in [2.75, 3.05) is 6.61 Å². The highest BCUT2D eigenvalue weighted by molar-refractivity contribution is 5.86. The molecule has 16 heavy (non-hydrogen) atoms. The number of hydrogen-bond acceptors (Lipinski definition) is 2. The first-order valence-corrected chi connectivity index (χ1v) is 6.26. The molecule has 90 valence electrons. The minimum atomic E-state index is -0.806. The molecule has 0 amide bonds. The molecule has 2 saturated carbocycles. The lowest BCUT2D eigenvalue weighted by molar-refractivity contribution is -0.140. The summed E-state index contributed by atoms with van der Waals surface area (Å²) in [4.78, 5) is 11.1. The fourth-order valence-corrected chi connectivity index (χ4v) is 2.81. The second kappa shape index (κ2) is 4.98. The van der Waals surface area contributed by atoms with E-state index in [1.165, 1.54) is 31.8 Å². The number of rotatable bonds is 4. The minimum Gasteiger partial charge on any atom is -0.461 e. The number of halogens is 1. The van der Waals surface area contributed by atoms with Crippen molar-refractivity contribution in [1.29, 1.82) is 0 Å². The number of carbonyl (C=O) groups is 1. The van der Waals surface area contributed by atoms with Crippen molar-refractivity contribution >= 4 is 5.97 Å². The van der Waals surface area contributed by atoms with E-state index in [1.807, 2.05) is 0 Å². The van der Waals surface area contributed by atoms with Crippen molar-refractivity contribution < 1.29 is 13.9 Å². The molecule has 2 nitrogen and oxygen atoms in total. The molecule has 0 aromatic carbocycles. The van der Waals surface area contributed by atoms with Crippen molar-refractivity contribution in [2.24, 2.45) is 17.8 Å². The van der Waals surface area contributed by atoms with Crippen LogP contribution in [0.15, 0.2) is 11.9 Å². The Labute approximate surface area is 95.9 Å². The Morgan fingerprint density at radius 3 is 2.75 bits per heavy atom. The van der Waals surface area contributed by atoms with Crippen molar-refractivity contribution in [3.63, 3.8) is 0 Å². The van der Waals surface area contributed by atoms with Gasteiger partial charge in [-0.15, -0.1) is 0 Å². The maximum absolute atomic E-state index is 13.3. The first-order chi connectivity index (χ1) is 7.72. The summed E-state index contributed by atoms with van der Waals surface area (Å²) in [6, 6.07) is 0. The molecule has 0 heterocycles. The van der Waals surface area contributed by atoms with Crippen molar-refractivity contribution in [2.45, 2.75) is 39.0 Å². The summed E-state index contributed by atoms with van der Waals surface area (Å²) in [6.07, 6.45) is 7.74. The molecule has 2 atom stereocenters. The standard InChI is InChI=1S/C13H19FO2/c1-2-16-13(15)12(14)8-10-7-11(10)9-5-3-4-6-9/h8-11H,2-7H2,1H3/b12-8-. The van der Waals surface area contributed by atoms with Crippen LogP contribution in [0.25, 0.3) is 0 Å². The highest BCUT2D eigenvalue weighted by atomic mass is 19.1. The molecular formula is C13H19FO2. The summed E-state index contributed by atoms with van der Waals surface area (Å²) >= 11 is 0. The fourth-order valence-electron chi connectivity index (χ4n) is 2.81. The lowest BCUT2D eigenvalue weighted by atomic mass is 10.0. The van der Waals surface area contributed by atoms with Gasteiger partial charge in [-0.1, -0.05) is 25.7 Å². The quantitative estimate of drug-likeness (QED) is 0.543. The second-order valence-corrected chi connectivity index (χ2v) is 4.84. The Morgan fingerprint density at radius 2 is 2.12 bits per heavy atom. The van der Waals surface area contributed by atoms with Crippen LogP contribution in [0.3, 0.4) is 0 Å². The average molecular weight is 226 g/mol. The number of esters is 1. The first-order valence-electron chi connectivity index (χ1n) is 6.26. The van der Waals surface area contributed by atoms with E-state index in [4.69, 9.17) is 0 Å². The van der Waals surface area contributed by atoms with Gasteiger partial charge in [0.05, 0.1) is 6.61 Å². The Kier molecular flexibility index (Phi) is 3.62. The van der Waals surface area contributed by atoms with Crippen molar-refractivity contribution in [3.8, 4) is 0 Å². The number of allylic oxidation sites excluding steroid dienone is 1. The third-order valence-corrected chi connectivity index (χ3v) is 3.73. The third kappa shape index (κ3) is 2.63. The van der Waals surface area contributed by atoms with Gasteiger partial charge in [0.2, 0.25) is 5.83 Å². The van der Waals surface area contributed by atoms with Crippen molar-refractivity contribution in [1.82, 2.24) is 0 Å². The van der Waals surface area contributed by atoms with Gasteiger partial charge in [0.15, 0.2) is 0 Å². The van der Waals surface area contributed by atoms with Crippen LogP contribution in [0, 0.1) is 17.8 Å². The fraction of sp³-hybridized carbons (Fsp3) is 0.769. The molecule has 2 unspecified atom stereocenters. The summed E-state index contributed by atoms with van der Waals surface area (Å²) in [5.74, 6) is 0.179. The molecule has 0 bridgehead atoms. The Hall–Kier alpha value is -0.860. The van der Waals surface area contributed by atoms with E-state index < -0.39 is 11.8 Å². The normalized spacial score (nSPS) is 30.5. The van der Waals surface area contributed by atoms with Gasteiger partial charge < -0.3 is 4.74 Å². The Morgan fingerprint density at radius 1 is 1.44 bits per heavy atom. The lowest BCUT2D eigenvalue weighted by Gasteiger charge is -2.05. The molecule has 0 aliphatic heterocycles. The van der Waals surface area contributed by atoms with Crippen LogP contribution in [-0.2, 0) is 9.53 Å². The zero-order chi connectivity index (χ0) is 11.5. The molecule has 0 N–H and O–H groups in total. The van der Waals surface area contributed by atoms with Crippen LogP contribution in [0.2, 0.25) is 0 Å². The molecule has 0 aromatic heterocycles. The Balaban J connectivity index is 1.82. The van der Waals surface area contributed by atoms with Crippen LogP contribution in [-0.4, -0.2) is 12.6 Å². The predicted molar refractivity (Wildman–Crippen MR) is 59.4 cm³/mol. The smallest absolute Gasteiger partial charge is 0.366 e. The molecule has 3 heteroatoms. The van der Waals surface area contributed by atoms with E-state index in [0.29, 0.717) is 5.92 Å². The van der Waals surface area contributed by atoms with Gasteiger partial charge >= 0.3 is 5.97 Å². The van der Waals surface area contributed by atoms with Crippen LogP contribution in [0.1, 0.15) is 39.0 Å². The second-order valence-electron chi connectivity index (χ2n) is 4.84. The lowest BCUT2D eigenvalue weighted by Crippen LogP contribution is -2.05. The van der Waals surface area contributed by atoms with Crippen LogP contribution < -0.4 is 0 Å². The monoisotopic (exact) mass is 226 g/mol. The molecule has 0 aromatic rings. The molecule has 0 radical (unpaired) electrons. The molecular weight excluding hydrogens is 207 g/mol. The summed E-state index contributed by atoms with van der Waals surface area (Å²) in [5.41, 5.74) is 0. The number of carbonyl (C=O) groups excluding carboxylic acids is 1. The van der Waals surface area contributed by atoms with Gasteiger partial charge in [0.25, 0.3) is 0 Å².